The Hall–Kier alpha value is -1.19. The van der Waals surface area contributed by atoms with Gasteiger partial charge < -0.3 is 5.32 Å². The summed E-state index contributed by atoms with van der Waals surface area (Å²) in [6, 6.07) is 9.45. The van der Waals surface area contributed by atoms with Crippen LogP contribution < -0.4 is 5.32 Å². The number of nitrogens with zero attached hydrogens (tertiary/aromatic N) is 1. The molecule has 0 radical (unpaired) electrons. The lowest BCUT2D eigenvalue weighted by Gasteiger charge is -2.18. The van der Waals surface area contributed by atoms with Crippen LogP contribution in [0.15, 0.2) is 36.0 Å². The van der Waals surface area contributed by atoms with Gasteiger partial charge in [0.1, 0.15) is 0 Å². The second-order valence-electron chi connectivity index (χ2n) is 5.07. The van der Waals surface area contributed by atoms with E-state index in [4.69, 9.17) is 0 Å². The van der Waals surface area contributed by atoms with Crippen molar-refractivity contribution in [3.63, 3.8) is 0 Å². The minimum atomic E-state index is 0.507. The van der Waals surface area contributed by atoms with E-state index in [1.54, 1.807) is 11.3 Å². The van der Waals surface area contributed by atoms with Gasteiger partial charge in [0.15, 0.2) is 0 Å². The van der Waals surface area contributed by atoms with Crippen molar-refractivity contribution in [3.05, 3.63) is 52.0 Å². The summed E-state index contributed by atoms with van der Waals surface area (Å²) in [6.45, 7) is 3.07. The van der Waals surface area contributed by atoms with Gasteiger partial charge in [-0.1, -0.05) is 29.8 Å². The van der Waals surface area contributed by atoms with E-state index >= 15 is 0 Å². The molecule has 1 atom stereocenters. The lowest BCUT2D eigenvalue weighted by atomic mass is 10.0. The number of aromatic nitrogens is 1. The maximum atomic E-state index is 4.12. The third kappa shape index (κ3) is 2.79. The van der Waals surface area contributed by atoms with Crippen molar-refractivity contribution in [2.24, 2.45) is 5.92 Å². The second kappa shape index (κ2) is 5.21. The number of benzene rings is 1. The predicted molar refractivity (Wildman–Crippen MR) is 75.6 cm³/mol. The van der Waals surface area contributed by atoms with E-state index in [-0.39, 0.29) is 0 Å². The van der Waals surface area contributed by atoms with Gasteiger partial charge in [-0.05, 0) is 31.2 Å². The predicted octanol–water partition coefficient (Wildman–Crippen LogP) is 3.69. The molecular weight excluding hydrogens is 240 g/mol. The Morgan fingerprint density at radius 1 is 1.33 bits per heavy atom. The van der Waals surface area contributed by atoms with Crippen molar-refractivity contribution in [3.8, 4) is 0 Å². The highest BCUT2D eigenvalue weighted by Crippen LogP contribution is 2.41. The lowest BCUT2D eigenvalue weighted by Crippen LogP contribution is -2.22. The van der Waals surface area contributed by atoms with Crippen LogP contribution >= 0.6 is 11.3 Å². The molecule has 3 rings (SSSR count). The molecule has 1 unspecified atom stereocenters. The molecule has 1 heterocycles. The summed E-state index contributed by atoms with van der Waals surface area (Å²) in [6.07, 6.45) is 4.67. The quantitative estimate of drug-likeness (QED) is 0.884. The van der Waals surface area contributed by atoms with E-state index in [2.05, 4.69) is 41.5 Å². The van der Waals surface area contributed by atoms with Gasteiger partial charge in [0.25, 0.3) is 0 Å². The first kappa shape index (κ1) is 11.9. The Morgan fingerprint density at radius 2 is 2.11 bits per heavy atom. The van der Waals surface area contributed by atoms with Crippen LogP contribution in [0.3, 0.4) is 0 Å². The lowest BCUT2D eigenvalue weighted by molar-refractivity contribution is 0.482. The standard InChI is InChI=1S/C15H18N2S/c1-11-2-4-12(5-3-11)15(13-6-7-13)17-9-14-8-16-10-18-14/h2-5,8,10,13,15,17H,6-7,9H2,1H3. The Morgan fingerprint density at radius 3 is 2.72 bits per heavy atom. The minimum absolute atomic E-state index is 0.507. The maximum absolute atomic E-state index is 4.12. The zero-order chi connectivity index (χ0) is 12.4. The highest BCUT2D eigenvalue weighted by atomic mass is 32.1. The number of aryl methyl sites for hydroxylation is 1. The SMILES string of the molecule is Cc1ccc(C(NCc2cncs2)C2CC2)cc1. The van der Waals surface area contributed by atoms with Crippen molar-refractivity contribution in [2.75, 3.05) is 0 Å². The minimum Gasteiger partial charge on any atom is -0.305 e. The van der Waals surface area contributed by atoms with Crippen LogP contribution in [0, 0.1) is 12.8 Å². The fourth-order valence-corrected chi connectivity index (χ4v) is 2.85. The van der Waals surface area contributed by atoms with Gasteiger partial charge in [0.05, 0.1) is 5.51 Å². The maximum Gasteiger partial charge on any atom is 0.0794 e. The Labute approximate surface area is 112 Å². The fraction of sp³-hybridized carbons (Fsp3) is 0.400. The molecule has 0 amide bonds. The van der Waals surface area contributed by atoms with Crippen LogP contribution in [0.4, 0.5) is 0 Å². The van der Waals surface area contributed by atoms with Crippen LogP contribution in [0.2, 0.25) is 0 Å². The van der Waals surface area contributed by atoms with Crippen molar-refractivity contribution < 1.29 is 0 Å². The molecule has 0 saturated heterocycles. The van der Waals surface area contributed by atoms with Gasteiger partial charge in [-0.2, -0.15) is 0 Å². The Balaban J connectivity index is 1.70. The largest absolute Gasteiger partial charge is 0.305 e. The Kier molecular flexibility index (Phi) is 3.43. The molecule has 1 N–H and O–H groups in total. The zero-order valence-corrected chi connectivity index (χ0v) is 11.4. The van der Waals surface area contributed by atoms with E-state index in [0.717, 1.165) is 12.5 Å². The van der Waals surface area contributed by atoms with E-state index in [1.807, 2.05) is 11.7 Å². The summed E-state index contributed by atoms with van der Waals surface area (Å²) < 4.78 is 0. The van der Waals surface area contributed by atoms with Crippen LogP contribution in [0.25, 0.3) is 0 Å². The van der Waals surface area contributed by atoms with Gasteiger partial charge in [-0.25, -0.2) is 0 Å². The van der Waals surface area contributed by atoms with Gasteiger partial charge in [-0.3, -0.25) is 4.98 Å². The highest BCUT2D eigenvalue weighted by molar-refractivity contribution is 7.09. The molecular formula is C15H18N2S. The molecule has 0 bridgehead atoms. The van der Waals surface area contributed by atoms with Gasteiger partial charge in [0, 0.05) is 23.7 Å². The monoisotopic (exact) mass is 258 g/mol. The average molecular weight is 258 g/mol. The molecule has 1 aliphatic rings. The average Bonchev–Trinajstić information content (AvgIpc) is 3.08. The molecule has 1 fully saturated rings. The smallest absolute Gasteiger partial charge is 0.0794 e. The normalized spacial score (nSPS) is 16.7. The van der Waals surface area contributed by atoms with Gasteiger partial charge in [0.2, 0.25) is 0 Å². The summed E-state index contributed by atoms with van der Waals surface area (Å²) in [5, 5.41) is 3.69. The third-order valence-electron chi connectivity index (χ3n) is 3.51. The van der Waals surface area contributed by atoms with Crippen LogP contribution in [-0.2, 0) is 6.54 Å². The number of thiazole rings is 1. The first-order valence-electron chi connectivity index (χ1n) is 6.50. The van der Waals surface area contributed by atoms with Gasteiger partial charge >= 0.3 is 0 Å². The summed E-state index contributed by atoms with van der Waals surface area (Å²) in [4.78, 5) is 5.44. The molecule has 1 saturated carbocycles. The molecule has 0 spiro atoms. The molecule has 2 aromatic rings. The van der Waals surface area contributed by atoms with Gasteiger partial charge in [-0.15, -0.1) is 11.3 Å². The van der Waals surface area contributed by atoms with E-state index in [0.29, 0.717) is 6.04 Å². The van der Waals surface area contributed by atoms with E-state index < -0.39 is 0 Å². The highest BCUT2D eigenvalue weighted by Gasteiger charge is 2.31. The summed E-state index contributed by atoms with van der Waals surface area (Å²) in [5.41, 5.74) is 4.65. The van der Waals surface area contributed by atoms with Crippen molar-refractivity contribution in [2.45, 2.75) is 32.4 Å². The molecule has 94 valence electrons. The molecule has 3 heteroatoms. The Bertz CT molecular complexity index is 486. The first-order valence-corrected chi connectivity index (χ1v) is 7.38. The second-order valence-corrected chi connectivity index (χ2v) is 6.05. The fourth-order valence-electron chi connectivity index (χ4n) is 2.30. The van der Waals surface area contributed by atoms with Crippen molar-refractivity contribution >= 4 is 11.3 Å². The summed E-state index contributed by atoms with van der Waals surface area (Å²) >= 11 is 1.72. The van der Waals surface area contributed by atoms with Crippen LogP contribution in [0.1, 0.15) is 34.9 Å². The number of nitrogens with one attached hydrogen (secondary N) is 1. The first-order chi connectivity index (χ1) is 8.83. The topological polar surface area (TPSA) is 24.9 Å². The molecule has 1 aliphatic carbocycles. The summed E-state index contributed by atoms with van der Waals surface area (Å²) in [7, 11) is 0. The number of rotatable bonds is 5. The van der Waals surface area contributed by atoms with E-state index in [1.165, 1.54) is 28.8 Å². The van der Waals surface area contributed by atoms with Crippen molar-refractivity contribution in [1.82, 2.24) is 10.3 Å². The number of hydrogen-bond acceptors (Lipinski definition) is 3. The summed E-state index contributed by atoms with van der Waals surface area (Å²) in [5.74, 6) is 0.820. The molecule has 18 heavy (non-hydrogen) atoms. The van der Waals surface area contributed by atoms with Crippen LogP contribution in [-0.4, -0.2) is 4.98 Å². The molecule has 1 aromatic heterocycles. The third-order valence-corrected chi connectivity index (χ3v) is 4.29. The number of hydrogen-bond donors (Lipinski definition) is 1. The van der Waals surface area contributed by atoms with Crippen LogP contribution in [0.5, 0.6) is 0 Å². The zero-order valence-electron chi connectivity index (χ0n) is 10.6. The molecule has 1 aromatic carbocycles. The molecule has 2 nitrogen and oxygen atoms in total. The molecule has 0 aliphatic heterocycles. The van der Waals surface area contributed by atoms with E-state index in [9.17, 15) is 0 Å². The van der Waals surface area contributed by atoms with Crippen molar-refractivity contribution in [1.29, 1.82) is 0 Å².